The Balaban J connectivity index is 1.65. The molecule has 2 aromatic rings. The third-order valence-electron chi connectivity index (χ3n) is 5.15. The summed E-state index contributed by atoms with van der Waals surface area (Å²) in [6.07, 6.45) is 5.38. The molecule has 29 heavy (non-hydrogen) atoms. The lowest BCUT2D eigenvalue weighted by atomic mass is 9.99. The zero-order valence-electron chi connectivity index (χ0n) is 16.4. The SMILES string of the molecule is CSc1cc(-c2ccc(C[C@@H](C#N)NC(=O)C3CCCCN3)cc2)ccc1C#N. The average Bonchev–Trinajstić information content (AvgIpc) is 2.79. The number of hydrogen-bond donors (Lipinski definition) is 2. The molecular formula is C23H24N4OS. The van der Waals surface area contributed by atoms with Crippen LogP contribution >= 0.6 is 11.8 Å². The van der Waals surface area contributed by atoms with E-state index in [-0.39, 0.29) is 11.9 Å². The van der Waals surface area contributed by atoms with Crippen molar-refractivity contribution in [2.24, 2.45) is 0 Å². The third kappa shape index (κ3) is 5.38. The molecule has 1 aliphatic rings. The van der Waals surface area contributed by atoms with E-state index in [1.54, 1.807) is 11.8 Å². The zero-order chi connectivity index (χ0) is 20.6. The Morgan fingerprint density at radius 3 is 2.59 bits per heavy atom. The minimum atomic E-state index is -0.546. The summed E-state index contributed by atoms with van der Waals surface area (Å²) < 4.78 is 0. The molecule has 1 heterocycles. The molecule has 3 rings (SSSR count). The number of piperidine rings is 1. The molecular weight excluding hydrogens is 380 g/mol. The quantitative estimate of drug-likeness (QED) is 0.718. The van der Waals surface area contributed by atoms with Gasteiger partial charge in [0.15, 0.2) is 0 Å². The van der Waals surface area contributed by atoms with Gasteiger partial charge in [0.2, 0.25) is 5.91 Å². The first-order valence-corrected chi connectivity index (χ1v) is 11.0. The Hall–Kier alpha value is -2.80. The normalized spacial score (nSPS) is 17.0. The largest absolute Gasteiger partial charge is 0.339 e. The predicted octanol–water partition coefficient (Wildman–Crippen LogP) is 3.64. The van der Waals surface area contributed by atoms with Crippen molar-refractivity contribution in [3.63, 3.8) is 0 Å². The standard InChI is InChI=1S/C23H24N4OS/c1-29-22-13-18(9-10-19(22)14-24)17-7-5-16(6-8-17)12-20(15-25)27-23(28)21-4-2-3-11-26-21/h5-10,13,20-21,26H,2-4,11-12H2,1H3,(H,27,28)/t20-,21?/m0/s1. The second-order valence-electron chi connectivity index (χ2n) is 7.12. The predicted molar refractivity (Wildman–Crippen MR) is 115 cm³/mol. The van der Waals surface area contributed by atoms with Gasteiger partial charge in [-0.2, -0.15) is 10.5 Å². The molecule has 0 saturated carbocycles. The van der Waals surface area contributed by atoms with Gasteiger partial charge >= 0.3 is 0 Å². The first-order chi connectivity index (χ1) is 14.1. The van der Waals surface area contributed by atoms with E-state index in [9.17, 15) is 15.3 Å². The van der Waals surface area contributed by atoms with Crippen LogP contribution in [-0.2, 0) is 11.2 Å². The molecule has 2 atom stereocenters. The number of hydrogen-bond acceptors (Lipinski definition) is 5. The van der Waals surface area contributed by atoms with Gasteiger partial charge in [-0.25, -0.2) is 0 Å². The van der Waals surface area contributed by atoms with Gasteiger partial charge in [0.05, 0.1) is 17.7 Å². The van der Waals surface area contributed by atoms with Crippen LogP contribution < -0.4 is 10.6 Å². The molecule has 1 aliphatic heterocycles. The van der Waals surface area contributed by atoms with Gasteiger partial charge < -0.3 is 10.6 Å². The third-order valence-corrected chi connectivity index (χ3v) is 5.93. The number of amides is 1. The molecule has 0 bridgehead atoms. The van der Waals surface area contributed by atoms with Gasteiger partial charge in [-0.15, -0.1) is 11.8 Å². The van der Waals surface area contributed by atoms with Crippen molar-refractivity contribution >= 4 is 17.7 Å². The first-order valence-electron chi connectivity index (χ1n) is 9.75. The number of nitriles is 2. The molecule has 0 spiro atoms. The summed E-state index contributed by atoms with van der Waals surface area (Å²) in [7, 11) is 0. The Bertz CT molecular complexity index is 937. The Morgan fingerprint density at radius 1 is 1.21 bits per heavy atom. The van der Waals surface area contributed by atoms with Crippen molar-refractivity contribution in [1.82, 2.24) is 10.6 Å². The topological polar surface area (TPSA) is 88.7 Å². The molecule has 0 radical (unpaired) electrons. The van der Waals surface area contributed by atoms with Crippen LogP contribution in [0.25, 0.3) is 11.1 Å². The number of nitrogens with zero attached hydrogens (tertiary/aromatic N) is 2. The summed E-state index contributed by atoms with van der Waals surface area (Å²) >= 11 is 1.56. The monoisotopic (exact) mass is 404 g/mol. The van der Waals surface area contributed by atoms with Gasteiger partial charge in [0, 0.05) is 11.3 Å². The number of nitrogens with one attached hydrogen (secondary N) is 2. The molecule has 2 N–H and O–H groups in total. The minimum absolute atomic E-state index is 0.0879. The molecule has 0 aromatic heterocycles. The first kappa shape index (κ1) is 20.9. The van der Waals surface area contributed by atoms with Crippen molar-refractivity contribution in [2.75, 3.05) is 12.8 Å². The van der Waals surface area contributed by atoms with Crippen LogP contribution in [0.4, 0.5) is 0 Å². The summed E-state index contributed by atoms with van der Waals surface area (Å²) in [5.74, 6) is -0.0879. The summed E-state index contributed by atoms with van der Waals surface area (Å²) in [5, 5.41) is 24.7. The molecule has 1 saturated heterocycles. The van der Waals surface area contributed by atoms with Crippen LogP contribution in [0.15, 0.2) is 47.4 Å². The van der Waals surface area contributed by atoms with E-state index in [2.05, 4.69) is 22.8 Å². The number of benzene rings is 2. The highest BCUT2D eigenvalue weighted by Crippen LogP contribution is 2.28. The van der Waals surface area contributed by atoms with Crippen LogP contribution in [0.3, 0.4) is 0 Å². The molecule has 1 unspecified atom stereocenters. The second-order valence-corrected chi connectivity index (χ2v) is 7.97. The zero-order valence-corrected chi connectivity index (χ0v) is 17.3. The fraction of sp³-hybridized carbons (Fsp3) is 0.348. The fourth-order valence-corrected chi connectivity index (χ4v) is 4.09. The summed E-state index contributed by atoms with van der Waals surface area (Å²) in [4.78, 5) is 13.3. The van der Waals surface area contributed by atoms with E-state index < -0.39 is 6.04 Å². The van der Waals surface area contributed by atoms with E-state index in [0.29, 0.717) is 12.0 Å². The Kier molecular flexibility index (Phi) is 7.30. The Labute approximate surface area is 176 Å². The highest BCUT2D eigenvalue weighted by Gasteiger charge is 2.23. The van der Waals surface area contributed by atoms with Gasteiger partial charge in [0.25, 0.3) is 0 Å². The van der Waals surface area contributed by atoms with E-state index in [4.69, 9.17) is 0 Å². The maximum atomic E-state index is 12.4. The lowest BCUT2D eigenvalue weighted by Gasteiger charge is -2.23. The highest BCUT2D eigenvalue weighted by atomic mass is 32.2. The summed E-state index contributed by atoms with van der Waals surface area (Å²) in [5.41, 5.74) is 3.78. The molecule has 0 aliphatic carbocycles. The van der Waals surface area contributed by atoms with E-state index in [0.717, 1.165) is 47.4 Å². The summed E-state index contributed by atoms with van der Waals surface area (Å²) in [6, 6.07) is 17.5. The highest BCUT2D eigenvalue weighted by molar-refractivity contribution is 7.98. The number of rotatable bonds is 6. The molecule has 148 valence electrons. The van der Waals surface area contributed by atoms with Gasteiger partial charge in [0.1, 0.15) is 12.1 Å². The van der Waals surface area contributed by atoms with Crippen LogP contribution in [0.2, 0.25) is 0 Å². The van der Waals surface area contributed by atoms with Crippen molar-refractivity contribution in [3.8, 4) is 23.3 Å². The van der Waals surface area contributed by atoms with Crippen molar-refractivity contribution < 1.29 is 4.79 Å². The maximum Gasteiger partial charge on any atom is 0.238 e. The molecule has 1 fully saturated rings. The number of thioether (sulfide) groups is 1. The van der Waals surface area contributed by atoms with Gasteiger partial charge in [-0.3, -0.25) is 4.79 Å². The van der Waals surface area contributed by atoms with Crippen molar-refractivity contribution in [1.29, 1.82) is 10.5 Å². The number of carbonyl (C=O) groups is 1. The Morgan fingerprint density at radius 2 is 1.97 bits per heavy atom. The van der Waals surface area contributed by atoms with Crippen LogP contribution in [0.1, 0.15) is 30.4 Å². The van der Waals surface area contributed by atoms with Crippen LogP contribution in [0, 0.1) is 22.7 Å². The minimum Gasteiger partial charge on any atom is -0.339 e. The molecule has 6 heteroatoms. The van der Waals surface area contributed by atoms with Crippen molar-refractivity contribution in [2.45, 2.75) is 42.7 Å². The van der Waals surface area contributed by atoms with E-state index in [1.165, 1.54) is 0 Å². The lowest BCUT2D eigenvalue weighted by Crippen LogP contribution is -2.49. The fourth-order valence-electron chi connectivity index (χ4n) is 3.51. The lowest BCUT2D eigenvalue weighted by molar-refractivity contribution is -0.124. The molecule has 1 amide bonds. The van der Waals surface area contributed by atoms with Crippen LogP contribution in [-0.4, -0.2) is 30.8 Å². The smallest absolute Gasteiger partial charge is 0.238 e. The van der Waals surface area contributed by atoms with E-state index >= 15 is 0 Å². The molecule has 5 nitrogen and oxygen atoms in total. The number of carbonyl (C=O) groups excluding carboxylic acids is 1. The van der Waals surface area contributed by atoms with Gasteiger partial charge in [-0.05, 0) is 54.5 Å². The van der Waals surface area contributed by atoms with Crippen LogP contribution in [0.5, 0.6) is 0 Å². The summed E-state index contributed by atoms with van der Waals surface area (Å²) in [6.45, 7) is 0.852. The van der Waals surface area contributed by atoms with Gasteiger partial charge in [-0.1, -0.05) is 36.8 Å². The van der Waals surface area contributed by atoms with Crippen molar-refractivity contribution in [3.05, 3.63) is 53.6 Å². The average molecular weight is 405 g/mol. The maximum absolute atomic E-state index is 12.4. The second kappa shape index (κ2) is 10.1. The van der Waals surface area contributed by atoms with E-state index in [1.807, 2.05) is 48.7 Å². The molecule has 2 aromatic carbocycles.